The van der Waals surface area contributed by atoms with E-state index in [-0.39, 0.29) is 18.1 Å². The van der Waals surface area contributed by atoms with Crippen molar-refractivity contribution in [1.29, 1.82) is 0 Å². The van der Waals surface area contributed by atoms with Gasteiger partial charge in [-0.15, -0.1) is 0 Å². The largest absolute Gasteiger partial charge is 0.463 e. The number of rotatable bonds is 6. The highest BCUT2D eigenvalue weighted by Gasteiger charge is 2.60. The highest BCUT2D eigenvalue weighted by Crippen LogP contribution is 2.48. The second kappa shape index (κ2) is 9.22. The van der Waals surface area contributed by atoms with Gasteiger partial charge in [-0.05, 0) is 6.92 Å². The zero-order valence-corrected chi connectivity index (χ0v) is 20.4. The van der Waals surface area contributed by atoms with Crippen LogP contribution in [0.3, 0.4) is 0 Å². The third-order valence-electron chi connectivity index (χ3n) is 5.93. The van der Waals surface area contributed by atoms with Crippen molar-refractivity contribution in [3.63, 3.8) is 0 Å². The summed E-state index contributed by atoms with van der Waals surface area (Å²) in [5, 5.41) is 3.74. The molecule has 13 heteroatoms. The topological polar surface area (TPSA) is 173 Å². The van der Waals surface area contributed by atoms with Gasteiger partial charge in [0.15, 0.2) is 17.9 Å². The summed E-state index contributed by atoms with van der Waals surface area (Å²) in [6, 6.07) is 1.19. The standard InChI is InChI=1S/C23H27N5O8/c1-10(2)21(32)36-23(5)18(34-12(4)30)15(8-33-11(3)29)35-22(23)28-7-13-14(24)6-16(31)27-19-17(13)20(28)26-9-25-19/h6-7,9-10,15,18,22H,8,24H2,1-5H3,(H,25,26,27,31)/t15-,18-,22-,23-/m1/s1. The minimum Gasteiger partial charge on any atom is -0.463 e. The van der Waals surface area contributed by atoms with E-state index in [2.05, 4.69) is 15.3 Å². The number of nitrogens with one attached hydrogen (secondary N) is 1. The van der Waals surface area contributed by atoms with Gasteiger partial charge in [-0.25, -0.2) is 4.99 Å². The van der Waals surface area contributed by atoms with Crippen LogP contribution in [0.25, 0.3) is 10.8 Å². The number of hydrogen-bond donors (Lipinski definition) is 2. The van der Waals surface area contributed by atoms with E-state index < -0.39 is 53.4 Å². The van der Waals surface area contributed by atoms with Gasteiger partial charge in [0.1, 0.15) is 24.3 Å². The molecule has 0 bridgehead atoms. The van der Waals surface area contributed by atoms with Crippen molar-refractivity contribution in [2.24, 2.45) is 10.9 Å². The fourth-order valence-electron chi connectivity index (χ4n) is 4.31. The highest BCUT2D eigenvalue weighted by atomic mass is 16.7. The average Bonchev–Trinajstić information content (AvgIpc) is 3.24. The molecule has 0 amide bonds. The molecule has 2 aliphatic heterocycles. The molecule has 2 aromatic rings. The lowest BCUT2D eigenvalue weighted by Crippen LogP contribution is -2.50. The van der Waals surface area contributed by atoms with E-state index in [0.29, 0.717) is 16.6 Å². The number of carbonyl (C=O) groups excluding carboxylic acids is 3. The summed E-state index contributed by atoms with van der Waals surface area (Å²) in [7, 11) is 0. The minimum absolute atomic E-state index is 0.152. The Labute approximate surface area is 205 Å². The Hall–Kier alpha value is -4.00. The monoisotopic (exact) mass is 501 g/mol. The molecule has 3 N–H and O–H groups in total. The molecule has 1 saturated heterocycles. The SMILES string of the molecule is CC(=O)OC[C@H]1O[C@@H](n2cc3c(N)cc(=O)nc4c3c2N=CN4)[C@](C)(OC(=O)C(C)C)[C@@H]1OC(C)=O. The van der Waals surface area contributed by atoms with Crippen LogP contribution in [0, 0.1) is 5.92 Å². The van der Waals surface area contributed by atoms with E-state index in [1.165, 1.54) is 26.3 Å². The molecular formula is C23H27N5O8. The van der Waals surface area contributed by atoms with Crippen LogP contribution < -0.4 is 16.6 Å². The van der Waals surface area contributed by atoms with Gasteiger partial charge in [-0.1, -0.05) is 13.8 Å². The van der Waals surface area contributed by atoms with Crippen molar-refractivity contribution in [3.05, 3.63) is 22.6 Å². The van der Waals surface area contributed by atoms with Crippen LogP contribution in [0.15, 0.2) is 22.1 Å². The first-order valence-corrected chi connectivity index (χ1v) is 11.3. The quantitative estimate of drug-likeness (QED) is 0.433. The first kappa shape index (κ1) is 25.1. The zero-order valence-electron chi connectivity index (χ0n) is 20.4. The van der Waals surface area contributed by atoms with Crippen molar-refractivity contribution in [1.82, 2.24) is 9.55 Å². The van der Waals surface area contributed by atoms with E-state index in [0.717, 1.165) is 0 Å². The molecule has 0 aliphatic carbocycles. The molecule has 192 valence electrons. The number of hydrogen-bond acceptors (Lipinski definition) is 12. The molecule has 1 fully saturated rings. The number of nitrogens with zero attached hydrogens (tertiary/aromatic N) is 3. The van der Waals surface area contributed by atoms with Crippen molar-refractivity contribution in [3.8, 4) is 0 Å². The number of anilines is 2. The number of carbonyl (C=O) groups is 3. The van der Waals surface area contributed by atoms with Gasteiger partial charge in [0, 0.05) is 37.2 Å². The molecular weight excluding hydrogens is 474 g/mol. The molecule has 13 nitrogen and oxygen atoms in total. The predicted molar refractivity (Wildman–Crippen MR) is 128 cm³/mol. The first-order chi connectivity index (χ1) is 16.9. The third kappa shape index (κ3) is 4.37. The third-order valence-corrected chi connectivity index (χ3v) is 5.93. The number of nitrogens with two attached hydrogens (primary N) is 1. The first-order valence-electron chi connectivity index (χ1n) is 11.3. The van der Waals surface area contributed by atoms with Crippen molar-refractivity contribution in [2.45, 2.75) is 58.7 Å². The van der Waals surface area contributed by atoms with Gasteiger partial charge >= 0.3 is 17.9 Å². The average molecular weight is 501 g/mol. The lowest BCUT2D eigenvalue weighted by Gasteiger charge is -2.35. The summed E-state index contributed by atoms with van der Waals surface area (Å²) in [4.78, 5) is 56.9. The summed E-state index contributed by atoms with van der Waals surface area (Å²) in [6.07, 6.45) is -0.255. The summed E-state index contributed by atoms with van der Waals surface area (Å²) >= 11 is 0. The maximum absolute atomic E-state index is 12.8. The number of aromatic nitrogens is 2. The summed E-state index contributed by atoms with van der Waals surface area (Å²) < 4.78 is 24.5. The Balaban J connectivity index is 1.92. The molecule has 0 spiro atoms. The number of esters is 3. The van der Waals surface area contributed by atoms with Crippen LogP contribution in [-0.4, -0.2) is 58.2 Å². The van der Waals surface area contributed by atoms with Gasteiger partial charge in [0.2, 0.25) is 0 Å². The van der Waals surface area contributed by atoms with Crippen molar-refractivity contribution in [2.75, 3.05) is 17.7 Å². The summed E-state index contributed by atoms with van der Waals surface area (Å²) in [5.74, 6) is -1.71. The van der Waals surface area contributed by atoms with Crippen LogP contribution in [0.1, 0.15) is 40.8 Å². The molecule has 0 saturated carbocycles. The molecule has 0 unspecified atom stereocenters. The van der Waals surface area contributed by atoms with Crippen molar-refractivity contribution >= 4 is 52.3 Å². The summed E-state index contributed by atoms with van der Waals surface area (Å²) in [5.41, 5.74) is 4.21. The van der Waals surface area contributed by atoms with E-state index >= 15 is 0 Å². The van der Waals surface area contributed by atoms with E-state index in [4.69, 9.17) is 24.7 Å². The highest BCUT2D eigenvalue weighted by molar-refractivity contribution is 6.10. The molecule has 0 radical (unpaired) electrons. The molecule has 4 rings (SSSR count). The fourth-order valence-corrected chi connectivity index (χ4v) is 4.31. The maximum Gasteiger partial charge on any atom is 0.309 e. The smallest absolute Gasteiger partial charge is 0.309 e. The summed E-state index contributed by atoms with van der Waals surface area (Å²) in [6.45, 7) is 7.08. The lowest BCUT2D eigenvalue weighted by molar-refractivity contribution is -0.189. The maximum atomic E-state index is 12.8. The number of ether oxygens (including phenoxy) is 4. The lowest BCUT2D eigenvalue weighted by atomic mass is 9.95. The van der Waals surface area contributed by atoms with E-state index in [1.807, 2.05) is 0 Å². The Morgan fingerprint density at radius 3 is 2.64 bits per heavy atom. The van der Waals surface area contributed by atoms with E-state index in [9.17, 15) is 19.2 Å². The molecule has 36 heavy (non-hydrogen) atoms. The van der Waals surface area contributed by atoms with Crippen molar-refractivity contribution < 1.29 is 33.3 Å². The van der Waals surface area contributed by atoms with Gasteiger partial charge in [0.25, 0.3) is 5.56 Å². The van der Waals surface area contributed by atoms with Gasteiger partial charge in [0.05, 0.1) is 17.6 Å². The minimum atomic E-state index is -1.57. The number of nitrogen functional groups attached to an aromatic ring is 1. The van der Waals surface area contributed by atoms with E-state index in [1.54, 1.807) is 31.5 Å². The van der Waals surface area contributed by atoms with Crippen LogP contribution >= 0.6 is 0 Å². The van der Waals surface area contributed by atoms with Crippen LogP contribution in [0.5, 0.6) is 0 Å². The zero-order chi connectivity index (χ0) is 26.4. The van der Waals surface area contributed by atoms with Gasteiger partial charge in [-0.2, -0.15) is 4.98 Å². The Morgan fingerprint density at radius 2 is 2.00 bits per heavy atom. The molecule has 4 heterocycles. The molecule has 0 aromatic carbocycles. The normalized spacial score (nSPS) is 24.4. The predicted octanol–water partition coefficient (Wildman–Crippen LogP) is 1.41. The Kier molecular flexibility index (Phi) is 6.43. The fraction of sp³-hybridized carbons (Fsp3) is 0.478. The number of aliphatic imine (C=N–C) groups is 1. The Bertz CT molecular complexity index is 1340. The Morgan fingerprint density at radius 1 is 1.28 bits per heavy atom. The van der Waals surface area contributed by atoms with Gasteiger partial charge in [-0.3, -0.25) is 19.2 Å². The van der Waals surface area contributed by atoms with Crippen LogP contribution in [0.2, 0.25) is 0 Å². The molecule has 2 aromatic heterocycles. The van der Waals surface area contributed by atoms with Crippen LogP contribution in [0.4, 0.5) is 17.3 Å². The second-order valence-electron chi connectivity index (χ2n) is 9.07. The second-order valence-corrected chi connectivity index (χ2v) is 9.07. The molecule has 2 aliphatic rings. The van der Waals surface area contributed by atoms with Gasteiger partial charge < -0.3 is 34.6 Å². The van der Waals surface area contributed by atoms with Crippen LogP contribution in [-0.2, 0) is 33.3 Å². The molecule has 4 atom stereocenters.